The number of ether oxygens (including phenoxy) is 1. The number of methoxy groups -OCH3 is 1. The van der Waals surface area contributed by atoms with E-state index in [-0.39, 0.29) is 0 Å². The van der Waals surface area contributed by atoms with E-state index in [9.17, 15) is 0 Å². The number of para-hydroxylation sites is 1. The first-order valence-electron chi connectivity index (χ1n) is 6.86. The van der Waals surface area contributed by atoms with Gasteiger partial charge in [-0.15, -0.1) is 5.10 Å². The number of nitrogens with zero attached hydrogens (tertiary/aromatic N) is 3. The largest absolute Gasteiger partial charge is 0.496 e. The Bertz CT molecular complexity index is 572. The molecule has 0 bridgehead atoms. The first-order valence-corrected chi connectivity index (χ1v) is 6.86. The lowest BCUT2D eigenvalue weighted by Gasteiger charge is -2.10. The Morgan fingerprint density at radius 2 is 1.80 bits per heavy atom. The second kappa shape index (κ2) is 6.84. The Kier molecular flexibility index (Phi) is 4.87. The SMILES string of the molecule is CCc1nnc(NCc2ccccc2OC)nc1CC. The van der Waals surface area contributed by atoms with Crippen molar-refractivity contribution in [3.63, 3.8) is 0 Å². The fourth-order valence-corrected chi connectivity index (χ4v) is 2.04. The molecule has 0 saturated heterocycles. The summed E-state index contributed by atoms with van der Waals surface area (Å²) in [7, 11) is 1.67. The van der Waals surface area contributed by atoms with Crippen LogP contribution in [0.4, 0.5) is 5.95 Å². The number of nitrogens with one attached hydrogen (secondary N) is 1. The summed E-state index contributed by atoms with van der Waals surface area (Å²) in [5.41, 5.74) is 3.04. The summed E-state index contributed by atoms with van der Waals surface area (Å²) in [6.07, 6.45) is 1.72. The highest BCUT2D eigenvalue weighted by Crippen LogP contribution is 2.18. The molecule has 0 aliphatic carbocycles. The van der Waals surface area contributed by atoms with Crippen LogP contribution in [0, 0.1) is 0 Å². The third-order valence-corrected chi connectivity index (χ3v) is 3.14. The lowest BCUT2D eigenvalue weighted by molar-refractivity contribution is 0.410. The fourth-order valence-electron chi connectivity index (χ4n) is 2.04. The summed E-state index contributed by atoms with van der Waals surface area (Å²) in [6, 6.07) is 7.89. The molecule has 20 heavy (non-hydrogen) atoms. The summed E-state index contributed by atoms with van der Waals surface area (Å²) >= 11 is 0. The monoisotopic (exact) mass is 272 g/mol. The zero-order valence-corrected chi connectivity index (χ0v) is 12.2. The van der Waals surface area contributed by atoms with Crippen molar-refractivity contribution >= 4 is 5.95 Å². The Balaban J connectivity index is 2.11. The normalized spacial score (nSPS) is 10.3. The number of rotatable bonds is 6. The van der Waals surface area contributed by atoms with E-state index >= 15 is 0 Å². The molecule has 0 amide bonds. The van der Waals surface area contributed by atoms with Gasteiger partial charge in [0.05, 0.1) is 18.5 Å². The summed E-state index contributed by atoms with van der Waals surface area (Å²) in [6.45, 7) is 4.75. The number of hydrogen-bond acceptors (Lipinski definition) is 5. The molecule has 1 aromatic heterocycles. The standard InChI is InChI=1S/C15H20N4O/c1-4-12-13(5-2)18-19-15(17-12)16-10-11-8-6-7-9-14(11)20-3/h6-9H,4-5,10H2,1-3H3,(H,16,17,19). The van der Waals surface area contributed by atoms with Crippen LogP contribution in [0.5, 0.6) is 5.75 Å². The van der Waals surface area contributed by atoms with E-state index in [1.807, 2.05) is 24.3 Å². The molecule has 0 fully saturated rings. The molecule has 0 unspecified atom stereocenters. The number of hydrogen-bond donors (Lipinski definition) is 1. The Labute approximate surface area is 119 Å². The van der Waals surface area contributed by atoms with Gasteiger partial charge in [0, 0.05) is 12.1 Å². The lowest BCUT2D eigenvalue weighted by Crippen LogP contribution is -2.10. The van der Waals surface area contributed by atoms with Gasteiger partial charge in [0.25, 0.3) is 0 Å². The van der Waals surface area contributed by atoms with Crippen molar-refractivity contribution in [3.05, 3.63) is 41.2 Å². The minimum atomic E-state index is 0.560. The van der Waals surface area contributed by atoms with Crippen molar-refractivity contribution in [2.45, 2.75) is 33.2 Å². The molecule has 0 radical (unpaired) electrons. The molecular formula is C15H20N4O. The zero-order chi connectivity index (χ0) is 14.4. The average molecular weight is 272 g/mol. The fraction of sp³-hybridized carbons (Fsp3) is 0.400. The lowest BCUT2D eigenvalue weighted by atomic mass is 10.2. The minimum absolute atomic E-state index is 0.560. The predicted octanol–water partition coefficient (Wildman–Crippen LogP) is 2.62. The highest BCUT2D eigenvalue weighted by molar-refractivity contribution is 5.36. The van der Waals surface area contributed by atoms with Crippen LogP contribution in [-0.2, 0) is 19.4 Å². The van der Waals surface area contributed by atoms with Gasteiger partial charge in [-0.3, -0.25) is 0 Å². The Morgan fingerprint density at radius 1 is 1.05 bits per heavy atom. The maximum Gasteiger partial charge on any atom is 0.243 e. The first kappa shape index (κ1) is 14.2. The van der Waals surface area contributed by atoms with Crippen LogP contribution in [0.2, 0.25) is 0 Å². The van der Waals surface area contributed by atoms with Crippen molar-refractivity contribution < 1.29 is 4.74 Å². The predicted molar refractivity (Wildman–Crippen MR) is 78.9 cm³/mol. The number of aromatic nitrogens is 3. The summed E-state index contributed by atoms with van der Waals surface area (Å²) in [5, 5.41) is 11.5. The zero-order valence-electron chi connectivity index (χ0n) is 12.2. The topological polar surface area (TPSA) is 59.9 Å². The first-order chi connectivity index (χ1) is 9.78. The van der Waals surface area contributed by atoms with Crippen molar-refractivity contribution in [1.82, 2.24) is 15.2 Å². The number of benzene rings is 1. The van der Waals surface area contributed by atoms with E-state index < -0.39 is 0 Å². The molecule has 1 aromatic carbocycles. The van der Waals surface area contributed by atoms with Crippen molar-refractivity contribution in [2.24, 2.45) is 0 Å². The highest BCUT2D eigenvalue weighted by atomic mass is 16.5. The molecule has 2 rings (SSSR count). The Morgan fingerprint density at radius 3 is 2.50 bits per heavy atom. The summed E-state index contributed by atoms with van der Waals surface area (Å²) in [4.78, 5) is 4.51. The molecular weight excluding hydrogens is 252 g/mol. The number of anilines is 1. The van der Waals surface area contributed by atoms with E-state index in [1.165, 1.54) is 0 Å². The molecule has 1 heterocycles. The van der Waals surface area contributed by atoms with Gasteiger partial charge in [-0.05, 0) is 18.9 Å². The molecule has 106 valence electrons. The maximum atomic E-state index is 5.32. The second-order valence-electron chi connectivity index (χ2n) is 4.40. The van der Waals surface area contributed by atoms with Crippen LogP contribution in [0.25, 0.3) is 0 Å². The van der Waals surface area contributed by atoms with Crippen LogP contribution in [0.1, 0.15) is 30.8 Å². The van der Waals surface area contributed by atoms with Crippen LogP contribution in [-0.4, -0.2) is 22.3 Å². The molecule has 5 nitrogen and oxygen atoms in total. The van der Waals surface area contributed by atoms with Crippen molar-refractivity contribution in [3.8, 4) is 5.75 Å². The Hall–Kier alpha value is -2.17. The van der Waals surface area contributed by atoms with E-state index in [4.69, 9.17) is 4.74 Å². The van der Waals surface area contributed by atoms with Gasteiger partial charge in [-0.25, -0.2) is 4.98 Å². The quantitative estimate of drug-likeness (QED) is 0.876. The third kappa shape index (κ3) is 3.23. The average Bonchev–Trinajstić information content (AvgIpc) is 2.52. The van der Waals surface area contributed by atoms with Crippen LogP contribution >= 0.6 is 0 Å². The summed E-state index contributed by atoms with van der Waals surface area (Å²) in [5.74, 6) is 1.42. The molecule has 1 N–H and O–H groups in total. The maximum absolute atomic E-state index is 5.32. The van der Waals surface area contributed by atoms with Crippen molar-refractivity contribution in [2.75, 3.05) is 12.4 Å². The van der Waals surface area contributed by atoms with Gasteiger partial charge in [-0.2, -0.15) is 5.10 Å². The van der Waals surface area contributed by atoms with Crippen LogP contribution < -0.4 is 10.1 Å². The molecule has 0 spiro atoms. The molecule has 5 heteroatoms. The minimum Gasteiger partial charge on any atom is -0.496 e. The van der Waals surface area contributed by atoms with E-state index in [2.05, 4.69) is 34.3 Å². The molecule has 2 aromatic rings. The van der Waals surface area contributed by atoms with E-state index in [0.29, 0.717) is 12.5 Å². The van der Waals surface area contributed by atoms with E-state index in [0.717, 1.165) is 35.5 Å². The highest BCUT2D eigenvalue weighted by Gasteiger charge is 2.07. The number of aryl methyl sites for hydroxylation is 2. The second-order valence-corrected chi connectivity index (χ2v) is 4.40. The molecule has 0 aliphatic heterocycles. The van der Waals surface area contributed by atoms with Crippen LogP contribution in [0.15, 0.2) is 24.3 Å². The molecule has 0 aliphatic rings. The van der Waals surface area contributed by atoms with Gasteiger partial charge < -0.3 is 10.1 Å². The third-order valence-electron chi connectivity index (χ3n) is 3.14. The smallest absolute Gasteiger partial charge is 0.243 e. The van der Waals surface area contributed by atoms with Gasteiger partial charge in [0.15, 0.2) is 0 Å². The van der Waals surface area contributed by atoms with Crippen molar-refractivity contribution in [1.29, 1.82) is 0 Å². The summed E-state index contributed by atoms with van der Waals surface area (Å²) < 4.78 is 5.32. The van der Waals surface area contributed by atoms with Gasteiger partial charge >= 0.3 is 0 Å². The van der Waals surface area contributed by atoms with Gasteiger partial charge in [0.2, 0.25) is 5.95 Å². The molecule has 0 saturated carbocycles. The van der Waals surface area contributed by atoms with Gasteiger partial charge in [0.1, 0.15) is 5.75 Å². The van der Waals surface area contributed by atoms with E-state index in [1.54, 1.807) is 7.11 Å². The van der Waals surface area contributed by atoms with Gasteiger partial charge in [-0.1, -0.05) is 32.0 Å². The van der Waals surface area contributed by atoms with Crippen LogP contribution in [0.3, 0.4) is 0 Å². The molecule has 0 atom stereocenters.